The van der Waals surface area contributed by atoms with Crippen molar-refractivity contribution in [2.75, 3.05) is 6.61 Å². The first-order valence-corrected chi connectivity index (χ1v) is 11.0. The van der Waals surface area contributed by atoms with Crippen LogP contribution in [0, 0.1) is 34.5 Å². The van der Waals surface area contributed by atoms with Crippen LogP contribution in [0.15, 0.2) is 0 Å². The highest BCUT2D eigenvalue weighted by Crippen LogP contribution is 2.70. The van der Waals surface area contributed by atoms with Gasteiger partial charge in [0.1, 0.15) is 18.1 Å². The standard InChI is InChI=1S/C23H33FO4/c1-14(25)28-13-20(27)19-7-6-17-18-5-4-15-12-16(26)8-9-22(15,3)23(18,24)11-10-21(17,19)2/h15,17-19H,4-13H2,1-3H3/t15-,17-,18-,19+,21-,22-,23+/m0/s1. The highest BCUT2D eigenvalue weighted by atomic mass is 19.1. The summed E-state index contributed by atoms with van der Waals surface area (Å²) in [5.74, 6) is 0.0663. The molecule has 0 spiro atoms. The number of hydrogen-bond acceptors (Lipinski definition) is 4. The normalized spacial score (nSPS) is 47.6. The van der Waals surface area contributed by atoms with Gasteiger partial charge in [-0.3, -0.25) is 14.4 Å². The third-order valence-electron chi connectivity index (χ3n) is 9.39. The quantitative estimate of drug-likeness (QED) is 0.666. The van der Waals surface area contributed by atoms with E-state index in [2.05, 4.69) is 13.8 Å². The van der Waals surface area contributed by atoms with Crippen LogP contribution in [0.1, 0.15) is 78.6 Å². The summed E-state index contributed by atoms with van der Waals surface area (Å²) in [5.41, 5.74) is -1.84. The number of carbonyl (C=O) groups is 3. The van der Waals surface area contributed by atoms with Crippen LogP contribution in [0.5, 0.6) is 0 Å². The van der Waals surface area contributed by atoms with Gasteiger partial charge in [-0.2, -0.15) is 0 Å². The van der Waals surface area contributed by atoms with Crippen LogP contribution in [-0.2, 0) is 19.1 Å². The summed E-state index contributed by atoms with van der Waals surface area (Å²) in [6.07, 6.45) is 6.32. The first kappa shape index (κ1) is 20.0. The van der Waals surface area contributed by atoms with Gasteiger partial charge in [-0.05, 0) is 68.1 Å². The van der Waals surface area contributed by atoms with Gasteiger partial charge < -0.3 is 4.74 Å². The summed E-state index contributed by atoms with van der Waals surface area (Å²) in [7, 11) is 0. The van der Waals surface area contributed by atoms with Crippen molar-refractivity contribution >= 4 is 17.5 Å². The molecular weight excluding hydrogens is 359 g/mol. The van der Waals surface area contributed by atoms with E-state index < -0.39 is 17.1 Å². The van der Waals surface area contributed by atoms with Gasteiger partial charge in [0.2, 0.25) is 0 Å². The second kappa shape index (κ2) is 6.63. The maximum Gasteiger partial charge on any atom is 0.303 e. The summed E-state index contributed by atoms with van der Waals surface area (Å²) in [6, 6.07) is 0. The molecule has 4 rings (SSSR count). The molecule has 0 N–H and O–H groups in total. The Morgan fingerprint density at radius 2 is 1.79 bits per heavy atom. The lowest BCUT2D eigenvalue weighted by Gasteiger charge is -2.63. The van der Waals surface area contributed by atoms with E-state index in [1.807, 2.05) is 0 Å². The van der Waals surface area contributed by atoms with E-state index in [0.29, 0.717) is 37.9 Å². The molecule has 4 saturated carbocycles. The maximum atomic E-state index is 16.8. The first-order chi connectivity index (χ1) is 13.1. The minimum Gasteiger partial charge on any atom is -0.458 e. The molecule has 0 heterocycles. The molecule has 156 valence electrons. The van der Waals surface area contributed by atoms with Crippen molar-refractivity contribution in [3.8, 4) is 0 Å². The van der Waals surface area contributed by atoms with Crippen molar-refractivity contribution in [3.63, 3.8) is 0 Å². The Labute approximate surface area is 167 Å². The van der Waals surface area contributed by atoms with E-state index in [-0.39, 0.29) is 41.5 Å². The molecule has 5 heteroatoms. The van der Waals surface area contributed by atoms with Crippen LogP contribution >= 0.6 is 0 Å². The Balaban J connectivity index is 1.58. The lowest BCUT2D eigenvalue weighted by molar-refractivity contribution is -0.195. The summed E-state index contributed by atoms with van der Waals surface area (Å²) < 4.78 is 21.8. The van der Waals surface area contributed by atoms with E-state index >= 15 is 4.39 Å². The molecule has 0 aliphatic heterocycles. The van der Waals surface area contributed by atoms with Gasteiger partial charge in [-0.25, -0.2) is 4.39 Å². The van der Waals surface area contributed by atoms with Gasteiger partial charge in [0.05, 0.1) is 0 Å². The maximum absolute atomic E-state index is 16.8. The number of ketones is 2. The van der Waals surface area contributed by atoms with E-state index in [4.69, 9.17) is 4.74 Å². The summed E-state index contributed by atoms with van der Waals surface area (Å²) in [5, 5.41) is 0. The van der Waals surface area contributed by atoms with Gasteiger partial charge in [0, 0.05) is 31.1 Å². The van der Waals surface area contributed by atoms with Gasteiger partial charge in [-0.15, -0.1) is 0 Å². The number of halogens is 1. The molecule has 7 atom stereocenters. The molecule has 0 unspecified atom stereocenters. The number of fused-ring (bicyclic) bond motifs is 5. The average molecular weight is 393 g/mol. The Morgan fingerprint density at radius 3 is 2.50 bits per heavy atom. The largest absolute Gasteiger partial charge is 0.458 e. The first-order valence-electron chi connectivity index (χ1n) is 11.0. The summed E-state index contributed by atoms with van der Waals surface area (Å²) in [6.45, 7) is 5.42. The average Bonchev–Trinajstić information content (AvgIpc) is 2.98. The zero-order chi connectivity index (χ0) is 20.3. The third-order valence-corrected chi connectivity index (χ3v) is 9.39. The molecule has 4 aliphatic rings. The Kier molecular flexibility index (Phi) is 4.74. The predicted molar refractivity (Wildman–Crippen MR) is 102 cm³/mol. The highest BCUT2D eigenvalue weighted by molar-refractivity contribution is 5.85. The molecule has 0 amide bonds. The van der Waals surface area contributed by atoms with Crippen molar-refractivity contribution in [1.82, 2.24) is 0 Å². The number of Topliss-reactive ketones (excluding diaryl/α,β-unsaturated/α-hetero) is 2. The predicted octanol–water partition coefficient (Wildman–Crippen LogP) is 4.44. The highest BCUT2D eigenvalue weighted by Gasteiger charge is 2.68. The molecule has 0 bridgehead atoms. The fourth-order valence-corrected chi connectivity index (χ4v) is 7.74. The topological polar surface area (TPSA) is 60.4 Å². The van der Waals surface area contributed by atoms with E-state index in [9.17, 15) is 14.4 Å². The molecule has 0 saturated heterocycles. The SMILES string of the molecule is CC(=O)OCC(=O)[C@H]1CC[C@H]2[C@@H]3CC[C@H]4CC(=O)CC[C@]4(C)[C@@]3(F)CC[C@]12C. The number of rotatable bonds is 3. The minimum absolute atomic E-state index is 0.00489. The second-order valence-corrected chi connectivity index (χ2v) is 10.4. The molecule has 28 heavy (non-hydrogen) atoms. The van der Waals surface area contributed by atoms with Crippen LogP contribution in [0.3, 0.4) is 0 Å². The van der Waals surface area contributed by atoms with Crippen LogP contribution in [0.4, 0.5) is 4.39 Å². The Hall–Kier alpha value is -1.26. The van der Waals surface area contributed by atoms with Crippen molar-refractivity contribution in [1.29, 1.82) is 0 Å². The molecule has 0 aromatic rings. The number of ether oxygens (including phenoxy) is 1. The zero-order valence-corrected chi connectivity index (χ0v) is 17.4. The van der Waals surface area contributed by atoms with Crippen molar-refractivity contribution in [2.24, 2.45) is 34.5 Å². The number of esters is 1. The van der Waals surface area contributed by atoms with Gasteiger partial charge >= 0.3 is 5.97 Å². The summed E-state index contributed by atoms with van der Waals surface area (Å²) in [4.78, 5) is 35.9. The molecule has 0 aromatic carbocycles. The molecule has 4 fully saturated rings. The minimum atomic E-state index is -1.23. The Bertz CT molecular complexity index is 705. The van der Waals surface area contributed by atoms with Gasteiger partial charge in [0.25, 0.3) is 0 Å². The number of alkyl halides is 1. The smallest absolute Gasteiger partial charge is 0.303 e. The van der Waals surface area contributed by atoms with E-state index in [1.54, 1.807) is 0 Å². The Morgan fingerprint density at radius 1 is 1.07 bits per heavy atom. The van der Waals surface area contributed by atoms with Crippen molar-refractivity contribution in [2.45, 2.75) is 84.2 Å². The van der Waals surface area contributed by atoms with E-state index in [0.717, 1.165) is 25.7 Å². The number of carbonyl (C=O) groups excluding carboxylic acids is 3. The van der Waals surface area contributed by atoms with Crippen molar-refractivity contribution < 1.29 is 23.5 Å². The van der Waals surface area contributed by atoms with Crippen LogP contribution in [0.2, 0.25) is 0 Å². The van der Waals surface area contributed by atoms with Crippen LogP contribution < -0.4 is 0 Å². The fourth-order valence-electron chi connectivity index (χ4n) is 7.74. The zero-order valence-electron chi connectivity index (χ0n) is 17.4. The monoisotopic (exact) mass is 392 g/mol. The fraction of sp³-hybridized carbons (Fsp3) is 0.870. The van der Waals surface area contributed by atoms with Crippen LogP contribution in [-0.4, -0.2) is 29.8 Å². The van der Waals surface area contributed by atoms with Gasteiger partial charge in [-0.1, -0.05) is 13.8 Å². The molecule has 0 radical (unpaired) electrons. The third kappa shape index (κ3) is 2.71. The van der Waals surface area contributed by atoms with E-state index in [1.165, 1.54) is 6.92 Å². The molecule has 0 aromatic heterocycles. The lowest BCUT2D eigenvalue weighted by Crippen LogP contribution is -2.63. The molecule has 4 aliphatic carbocycles. The molecule has 4 nitrogen and oxygen atoms in total. The second-order valence-electron chi connectivity index (χ2n) is 10.4. The lowest BCUT2D eigenvalue weighted by atomic mass is 9.43. The van der Waals surface area contributed by atoms with Gasteiger partial charge in [0.15, 0.2) is 5.78 Å². The van der Waals surface area contributed by atoms with Crippen molar-refractivity contribution in [3.05, 3.63) is 0 Å². The molecular formula is C23H33FO4. The number of hydrogen-bond donors (Lipinski definition) is 0. The summed E-state index contributed by atoms with van der Waals surface area (Å²) >= 11 is 0. The van der Waals surface area contributed by atoms with Crippen LogP contribution in [0.25, 0.3) is 0 Å².